The molecule has 0 N–H and O–H groups in total. The monoisotopic (exact) mass is 311 g/mol. The van der Waals surface area contributed by atoms with Crippen molar-refractivity contribution < 1.29 is 9.53 Å². The maximum absolute atomic E-state index is 12.6. The number of Topliss-reactive ketones (excluding diaryl/α,β-unsaturated/α-hetero) is 1. The van der Waals surface area contributed by atoms with Crippen LogP contribution < -0.4 is 0 Å². The van der Waals surface area contributed by atoms with Gasteiger partial charge in [-0.15, -0.1) is 0 Å². The molecule has 1 aliphatic rings. The number of ketones is 1. The molecule has 0 saturated carbocycles. The first kappa shape index (κ1) is 15.3. The normalized spacial score (nSPS) is 23.3. The van der Waals surface area contributed by atoms with E-state index in [-0.39, 0.29) is 17.8 Å². The van der Waals surface area contributed by atoms with E-state index in [0.29, 0.717) is 28.6 Å². The zero-order chi connectivity index (χ0) is 14.7. The second-order valence-corrected chi connectivity index (χ2v) is 5.67. The van der Waals surface area contributed by atoms with Gasteiger partial charge in [0.1, 0.15) is 5.92 Å². The molecule has 0 spiro atoms. The summed E-state index contributed by atoms with van der Waals surface area (Å²) in [6.45, 7) is 2.56. The lowest BCUT2D eigenvalue weighted by Crippen LogP contribution is -2.28. The smallest absolute Gasteiger partial charge is 0.160 e. The zero-order valence-corrected chi connectivity index (χ0v) is 12.6. The summed E-state index contributed by atoms with van der Waals surface area (Å²) < 4.78 is 5.53. The van der Waals surface area contributed by atoms with Crippen LogP contribution in [-0.2, 0) is 9.53 Å². The van der Waals surface area contributed by atoms with Crippen LogP contribution >= 0.6 is 23.2 Å². The lowest BCUT2D eigenvalue weighted by molar-refractivity contribution is -0.124. The Hall–Kier alpha value is -1.08. The molecule has 3 unspecified atom stereocenters. The topological polar surface area (TPSA) is 50.1 Å². The van der Waals surface area contributed by atoms with Gasteiger partial charge in [-0.1, -0.05) is 36.2 Å². The van der Waals surface area contributed by atoms with Crippen LogP contribution in [0.1, 0.15) is 31.2 Å². The fourth-order valence-corrected chi connectivity index (χ4v) is 2.89. The molecule has 1 fully saturated rings. The molecule has 0 aromatic heterocycles. The molecule has 20 heavy (non-hydrogen) atoms. The van der Waals surface area contributed by atoms with E-state index < -0.39 is 5.92 Å². The average Bonchev–Trinajstić information content (AvgIpc) is 2.91. The third-order valence-electron chi connectivity index (χ3n) is 3.67. The molecule has 5 heteroatoms. The van der Waals surface area contributed by atoms with Crippen LogP contribution in [0.15, 0.2) is 18.2 Å². The van der Waals surface area contributed by atoms with Crippen LogP contribution in [-0.4, -0.2) is 18.5 Å². The van der Waals surface area contributed by atoms with Gasteiger partial charge in [0.15, 0.2) is 5.78 Å². The predicted molar refractivity (Wildman–Crippen MR) is 78.0 cm³/mol. The molecular formula is C15H15Cl2NO2. The van der Waals surface area contributed by atoms with Crippen molar-refractivity contribution in [1.82, 2.24) is 0 Å². The SMILES string of the molecule is CCC1OCCC1C(=O)C(C#N)c1ccc(Cl)c(Cl)c1. The molecule has 106 valence electrons. The quantitative estimate of drug-likeness (QED) is 0.845. The zero-order valence-electron chi connectivity index (χ0n) is 11.1. The van der Waals surface area contributed by atoms with Gasteiger partial charge in [0, 0.05) is 12.5 Å². The summed E-state index contributed by atoms with van der Waals surface area (Å²) in [4.78, 5) is 12.6. The molecular weight excluding hydrogens is 297 g/mol. The summed E-state index contributed by atoms with van der Waals surface area (Å²) in [7, 11) is 0. The number of carbonyl (C=O) groups is 1. The van der Waals surface area contributed by atoms with Crippen LogP contribution in [0.3, 0.4) is 0 Å². The van der Waals surface area contributed by atoms with Gasteiger partial charge >= 0.3 is 0 Å². The minimum atomic E-state index is -0.814. The minimum Gasteiger partial charge on any atom is -0.377 e. The van der Waals surface area contributed by atoms with Crippen LogP contribution in [0.2, 0.25) is 10.0 Å². The molecule has 1 aromatic rings. The Morgan fingerprint density at radius 3 is 2.85 bits per heavy atom. The Balaban J connectivity index is 2.26. The van der Waals surface area contributed by atoms with E-state index in [0.717, 1.165) is 6.42 Å². The molecule has 2 rings (SSSR count). The Morgan fingerprint density at radius 2 is 2.25 bits per heavy atom. The van der Waals surface area contributed by atoms with Gasteiger partial charge < -0.3 is 4.74 Å². The van der Waals surface area contributed by atoms with E-state index in [9.17, 15) is 10.1 Å². The second kappa shape index (κ2) is 6.58. The number of carbonyl (C=O) groups excluding carboxylic acids is 1. The lowest BCUT2D eigenvalue weighted by Gasteiger charge is -2.18. The molecule has 0 bridgehead atoms. The van der Waals surface area contributed by atoms with Gasteiger partial charge in [-0.2, -0.15) is 5.26 Å². The summed E-state index contributed by atoms with van der Waals surface area (Å²) in [6, 6.07) is 6.96. The number of halogens is 2. The summed E-state index contributed by atoms with van der Waals surface area (Å²) in [5.41, 5.74) is 0.591. The molecule has 1 aliphatic heterocycles. The molecule has 3 atom stereocenters. The molecule has 0 amide bonds. The predicted octanol–water partition coefficient (Wildman–Crippen LogP) is 3.98. The summed E-state index contributed by atoms with van der Waals surface area (Å²) in [5.74, 6) is -1.11. The van der Waals surface area contributed by atoms with Crippen LogP contribution in [0.4, 0.5) is 0 Å². The third-order valence-corrected chi connectivity index (χ3v) is 4.41. The van der Waals surface area contributed by atoms with Crippen molar-refractivity contribution in [3.63, 3.8) is 0 Å². The van der Waals surface area contributed by atoms with E-state index >= 15 is 0 Å². The Bertz CT molecular complexity index is 553. The largest absolute Gasteiger partial charge is 0.377 e. The Kier molecular flexibility index (Phi) is 5.04. The Morgan fingerprint density at radius 1 is 1.50 bits per heavy atom. The number of hydrogen-bond acceptors (Lipinski definition) is 3. The Labute approximate surface area is 128 Å². The van der Waals surface area contributed by atoms with E-state index in [4.69, 9.17) is 27.9 Å². The number of benzene rings is 1. The number of nitrogens with zero attached hydrogens (tertiary/aromatic N) is 1. The maximum Gasteiger partial charge on any atom is 0.160 e. The first-order valence-corrected chi connectivity index (χ1v) is 7.34. The molecule has 1 aromatic carbocycles. The highest BCUT2D eigenvalue weighted by molar-refractivity contribution is 6.42. The van der Waals surface area contributed by atoms with Crippen molar-refractivity contribution >= 4 is 29.0 Å². The highest BCUT2D eigenvalue weighted by Gasteiger charge is 2.37. The fraction of sp³-hybridized carbons (Fsp3) is 0.467. The highest BCUT2D eigenvalue weighted by atomic mass is 35.5. The van der Waals surface area contributed by atoms with E-state index in [1.807, 2.05) is 6.92 Å². The number of ether oxygens (including phenoxy) is 1. The van der Waals surface area contributed by atoms with Crippen molar-refractivity contribution in [3.8, 4) is 6.07 Å². The first-order chi connectivity index (χ1) is 9.58. The second-order valence-electron chi connectivity index (χ2n) is 4.85. The van der Waals surface area contributed by atoms with Crippen molar-refractivity contribution in [2.24, 2.45) is 5.92 Å². The van der Waals surface area contributed by atoms with Gasteiger partial charge in [0.2, 0.25) is 0 Å². The van der Waals surface area contributed by atoms with E-state index in [1.165, 1.54) is 0 Å². The molecule has 1 heterocycles. The van der Waals surface area contributed by atoms with Gasteiger partial charge in [0.05, 0.1) is 22.2 Å². The van der Waals surface area contributed by atoms with Gasteiger partial charge in [0.25, 0.3) is 0 Å². The lowest BCUT2D eigenvalue weighted by atomic mass is 9.84. The summed E-state index contributed by atoms with van der Waals surface area (Å²) >= 11 is 11.8. The summed E-state index contributed by atoms with van der Waals surface area (Å²) in [5, 5.41) is 10.1. The van der Waals surface area contributed by atoms with Crippen molar-refractivity contribution in [1.29, 1.82) is 5.26 Å². The van der Waals surface area contributed by atoms with E-state index in [1.54, 1.807) is 18.2 Å². The highest BCUT2D eigenvalue weighted by Crippen LogP contribution is 2.32. The fourth-order valence-electron chi connectivity index (χ4n) is 2.58. The standard InChI is InChI=1S/C15H15Cl2NO2/c1-2-14-10(5-6-20-14)15(19)11(8-18)9-3-4-12(16)13(17)7-9/h3-4,7,10-11,14H,2,5-6H2,1H3. The average molecular weight is 312 g/mol. The van der Waals surface area contributed by atoms with Crippen LogP contribution in [0, 0.1) is 17.2 Å². The third kappa shape index (κ3) is 2.98. The number of hydrogen-bond donors (Lipinski definition) is 0. The van der Waals surface area contributed by atoms with E-state index in [2.05, 4.69) is 6.07 Å². The first-order valence-electron chi connectivity index (χ1n) is 6.58. The van der Waals surface area contributed by atoms with Crippen molar-refractivity contribution in [2.75, 3.05) is 6.61 Å². The van der Waals surface area contributed by atoms with Crippen LogP contribution in [0.25, 0.3) is 0 Å². The van der Waals surface area contributed by atoms with Gasteiger partial charge in [-0.3, -0.25) is 4.79 Å². The maximum atomic E-state index is 12.6. The molecule has 0 aliphatic carbocycles. The summed E-state index contributed by atoms with van der Waals surface area (Å²) in [6.07, 6.45) is 1.37. The van der Waals surface area contributed by atoms with Gasteiger partial charge in [-0.05, 0) is 30.5 Å². The number of rotatable bonds is 4. The molecule has 3 nitrogen and oxygen atoms in total. The van der Waals surface area contributed by atoms with Crippen molar-refractivity contribution in [3.05, 3.63) is 33.8 Å². The molecule has 0 radical (unpaired) electrons. The number of nitriles is 1. The van der Waals surface area contributed by atoms with Crippen molar-refractivity contribution in [2.45, 2.75) is 31.8 Å². The minimum absolute atomic E-state index is 0.0823. The van der Waals surface area contributed by atoms with Gasteiger partial charge in [-0.25, -0.2) is 0 Å². The van der Waals surface area contributed by atoms with Crippen LogP contribution in [0.5, 0.6) is 0 Å². The molecule has 1 saturated heterocycles.